The maximum Gasteiger partial charge on any atom is 0.330 e. The Bertz CT molecular complexity index is 1040. The molecule has 3 aromatic rings. The van der Waals surface area contributed by atoms with Gasteiger partial charge in [0.15, 0.2) is 17.5 Å². The van der Waals surface area contributed by atoms with Crippen molar-refractivity contribution in [3.05, 3.63) is 94.0 Å². The highest BCUT2D eigenvalue weighted by molar-refractivity contribution is 9.10. The van der Waals surface area contributed by atoms with E-state index < -0.39 is 12.0 Å². The number of methoxy groups -OCH3 is 1. The van der Waals surface area contributed by atoms with Crippen LogP contribution in [-0.4, -0.2) is 38.0 Å². The molecule has 1 aliphatic heterocycles. The Kier molecular flexibility index (Phi) is 6.67. The van der Waals surface area contributed by atoms with Crippen molar-refractivity contribution in [1.82, 2.24) is 0 Å². The lowest BCUT2D eigenvalue weighted by molar-refractivity contribution is -0.142. The molecule has 0 bridgehead atoms. The van der Waals surface area contributed by atoms with Crippen LogP contribution in [0.3, 0.4) is 0 Å². The first kappa shape index (κ1) is 21.1. The Morgan fingerprint density at radius 3 is 2.10 bits per heavy atom. The molecule has 0 unspecified atom stereocenters. The maximum atomic E-state index is 12.7. The molecule has 1 heterocycles. The van der Waals surface area contributed by atoms with Crippen LogP contribution in [0.2, 0.25) is 0 Å². The molecule has 5 nitrogen and oxygen atoms in total. The fourth-order valence-corrected chi connectivity index (χ4v) is 3.94. The van der Waals surface area contributed by atoms with Gasteiger partial charge in [-0.2, -0.15) is 0 Å². The molecular weight excluding hydrogens is 458 g/mol. The molecule has 3 aromatic carbocycles. The molecule has 6 heteroatoms. The molecule has 0 aromatic heterocycles. The zero-order valence-electron chi connectivity index (χ0n) is 17.1. The summed E-state index contributed by atoms with van der Waals surface area (Å²) in [5.41, 5.74) is 3.44. The van der Waals surface area contributed by atoms with Gasteiger partial charge in [-0.1, -0.05) is 66.7 Å². The largest absolute Gasteiger partial charge is 0.486 e. The molecule has 1 aliphatic rings. The highest BCUT2D eigenvalue weighted by atomic mass is 79.9. The molecule has 31 heavy (non-hydrogen) atoms. The van der Waals surface area contributed by atoms with Gasteiger partial charge < -0.3 is 14.2 Å². The van der Waals surface area contributed by atoms with E-state index in [0.29, 0.717) is 31.1 Å². The summed E-state index contributed by atoms with van der Waals surface area (Å²) in [5, 5.41) is 0. The van der Waals surface area contributed by atoms with Crippen molar-refractivity contribution in [1.29, 1.82) is 0 Å². The number of halogens is 1. The van der Waals surface area contributed by atoms with Gasteiger partial charge in [0.05, 0.1) is 17.3 Å². The van der Waals surface area contributed by atoms with E-state index in [2.05, 4.69) is 15.9 Å². The molecule has 0 radical (unpaired) electrons. The van der Waals surface area contributed by atoms with E-state index in [-0.39, 0.29) is 0 Å². The number of rotatable bonds is 6. The lowest BCUT2D eigenvalue weighted by atomic mass is 10.00. The maximum absolute atomic E-state index is 12.7. The van der Waals surface area contributed by atoms with Crippen LogP contribution in [0.5, 0.6) is 11.5 Å². The standard InChI is InChI=1S/C25H22BrNO4/c1-29-25(28)21(16-19-12-13-20(26)24-23(19)30-14-15-31-24)27-22(17-8-4-2-5-9-17)18-10-6-3-7-11-18/h2-13,21H,14-16H2,1H3/t21-/m0/s1. The van der Waals surface area contributed by atoms with Crippen molar-refractivity contribution in [3.63, 3.8) is 0 Å². The predicted molar refractivity (Wildman–Crippen MR) is 123 cm³/mol. The molecule has 158 valence electrons. The minimum absolute atomic E-state index is 0.328. The third-order valence-corrected chi connectivity index (χ3v) is 5.61. The van der Waals surface area contributed by atoms with E-state index in [1.54, 1.807) is 0 Å². The molecule has 0 amide bonds. The average molecular weight is 480 g/mol. The SMILES string of the molecule is COC(=O)[C@H](Cc1ccc(Br)c2c1OCCO2)N=C(c1ccccc1)c1ccccc1. The first-order valence-corrected chi connectivity index (χ1v) is 10.8. The Morgan fingerprint density at radius 2 is 1.52 bits per heavy atom. The van der Waals surface area contributed by atoms with Gasteiger partial charge in [-0.15, -0.1) is 0 Å². The van der Waals surface area contributed by atoms with Crippen molar-refractivity contribution in [2.24, 2.45) is 4.99 Å². The zero-order chi connectivity index (χ0) is 21.6. The normalized spacial score (nSPS) is 13.2. The molecule has 0 N–H and O–H groups in total. The van der Waals surface area contributed by atoms with Crippen molar-refractivity contribution < 1.29 is 19.0 Å². The van der Waals surface area contributed by atoms with Crippen molar-refractivity contribution in [3.8, 4) is 11.5 Å². The fraction of sp³-hybridized carbons (Fsp3) is 0.200. The Balaban J connectivity index is 1.77. The van der Waals surface area contributed by atoms with Gasteiger partial charge in [0, 0.05) is 23.1 Å². The number of hydrogen-bond acceptors (Lipinski definition) is 5. The van der Waals surface area contributed by atoms with Gasteiger partial charge in [0.25, 0.3) is 0 Å². The minimum Gasteiger partial charge on any atom is -0.486 e. The van der Waals surface area contributed by atoms with Crippen LogP contribution in [0, 0.1) is 0 Å². The van der Waals surface area contributed by atoms with Gasteiger partial charge in [-0.3, -0.25) is 4.99 Å². The van der Waals surface area contributed by atoms with Gasteiger partial charge in [0.1, 0.15) is 13.2 Å². The van der Waals surface area contributed by atoms with Crippen molar-refractivity contribution >= 4 is 27.6 Å². The van der Waals surface area contributed by atoms with E-state index in [1.807, 2.05) is 72.8 Å². The van der Waals surface area contributed by atoms with E-state index in [0.717, 1.165) is 26.9 Å². The van der Waals surface area contributed by atoms with Crippen LogP contribution in [0.4, 0.5) is 0 Å². The number of carbonyl (C=O) groups excluding carboxylic acids is 1. The molecule has 1 atom stereocenters. The second-order valence-electron chi connectivity index (χ2n) is 7.01. The van der Waals surface area contributed by atoms with Crippen LogP contribution >= 0.6 is 15.9 Å². The topological polar surface area (TPSA) is 57.1 Å². The summed E-state index contributed by atoms with van der Waals surface area (Å²) >= 11 is 3.50. The highest BCUT2D eigenvalue weighted by Gasteiger charge is 2.26. The number of esters is 1. The average Bonchev–Trinajstić information content (AvgIpc) is 2.84. The minimum atomic E-state index is -0.740. The molecular formula is C25H22BrNO4. The lowest BCUT2D eigenvalue weighted by Gasteiger charge is -2.23. The molecule has 4 rings (SSSR count). The quantitative estimate of drug-likeness (QED) is 0.374. The van der Waals surface area contributed by atoms with E-state index in [1.165, 1.54) is 7.11 Å². The van der Waals surface area contributed by atoms with E-state index >= 15 is 0 Å². The summed E-state index contributed by atoms with van der Waals surface area (Å²) in [5.74, 6) is 0.895. The van der Waals surface area contributed by atoms with Crippen LogP contribution in [0.25, 0.3) is 0 Å². The van der Waals surface area contributed by atoms with Crippen LogP contribution in [0.1, 0.15) is 16.7 Å². The third kappa shape index (κ3) is 4.80. The van der Waals surface area contributed by atoms with Crippen molar-refractivity contribution in [2.75, 3.05) is 20.3 Å². The predicted octanol–water partition coefficient (Wildman–Crippen LogP) is 4.84. The number of nitrogens with zero attached hydrogens (tertiary/aromatic N) is 1. The Morgan fingerprint density at radius 1 is 0.935 bits per heavy atom. The van der Waals surface area contributed by atoms with Crippen LogP contribution in [0.15, 0.2) is 82.3 Å². The second-order valence-corrected chi connectivity index (χ2v) is 7.87. The first-order valence-electron chi connectivity index (χ1n) is 10.0. The van der Waals surface area contributed by atoms with E-state index in [9.17, 15) is 4.79 Å². The lowest BCUT2D eigenvalue weighted by Crippen LogP contribution is -2.26. The summed E-state index contributed by atoms with van der Waals surface area (Å²) in [6, 6.07) is 22.8. The summed E-state index contributed by atoms with van der Waals surface area (Å²) in [4.78, 5) is 17.6. The fourth-order valence-electron chi connectivity index (χ4n) is 3.51. The number of fused-ring (bicyclic) bond motifs is 1. The second kappa shape index (κ2) is 9.79. The number of carbonyl (C=O) groups is 1. The Hall–Kier alpha value is -3.12. The summed E-state index contributed by atoms with van der Waals surface area (Å²) in [7, 11) is 1.38. The molecule has 0 spiro atoms. The smallest absolute Gasteiger partial charge is 0.330 e. The van der Waals surface area contributed by atoms with Gasteiger partial charge >= 0.3 is 5.97 Å². The molecule has 0 fully saturated rings. The molecule has 0 saturated heterocycles. The van der Waals surface area contributed by atoms with Gasteiger partial charge in [0.2, 0.25) is 0 Å². The number of hydrogen-bond donors (Lipinski definition) is 0. The summed E-state index contributed by atoms with van der Waals surface area (Å²) < 4.78 is 17.5. The number of benzene rings is 3. The molecule has 0 saturated carbocycles. The number of ether oxygens (including phenoxy) is 3. The zero-order valence-corrected chi connectivity index (χ0v) is 18.7. The van der Waals surface area contributed by atoms with Gasteiger partial charge in [-0.25, -0.2) is 4.79 Å². The number of aliphatic imine (C=N–C) groups is 1. The first-order chi connectivity index (χ1) is 15.2. The van der Waals surface area contributed by atoms with Crippen LogP contribution in [-0.2, 0) is 16.0 Å². The molecule has 0 aliphatic carbocycles. The Labute approximate surface area is 189 Å². The van der Waals surface area contributed by atoms with Gasteiger partial charge in [-0.05, 0) is 22.0 Å². The summed E-state index contributed by atoms with van der Waals surface area (Å²) in [6.45, 7) is 0.946. The van der Waals surface area contributed by atoms with Crippen LogP contribution < -0.4 is 9.47 Å². The highest BCUT2D eigenvalue weighted by Crippen LogP contribution is 2.40. The monoisotopic (exact) mass is 479 g/mol. The van der Waals surface area contributed by atoms with E-state index in [4.69, 9.17) is 19.2 Å². The third-order valence-electron chi connectivity index (χ3n) is 4.99. The summed E-state index contributed by atoms with van der Waals surface area (Å²) in [6.07, 6.45) is 0.328. The van der Waals surface area contributed by atoms with Crippen molar-refractivity contribution in [2.45, 2.75) is 12.5 Å².